The molecule has 0 atom stereocenters. The molecule has 1 saturated heterocycles. The summed E-state index contributed by atoms with van der Waals surface area (Å²) < 4.78 is 27.7. The van der Waals surface area contributed by atoms with Gasteiger partial charge in [0.25, 0.3) is 5.92 Å². The maximum atomic E-state index is 13.1. The van der Waals surface area contributed by atoms with Crippen LogP contribution >= 0.6 is 11.6 Å². The van der Waals surface area contributed by atoms with E-state index in [1.165, 1.54) is 17.0 Å². The van der Waals surface area contributed by atoms with E-state index in [2.05, 4.69) is 15.1 Å². The molecule has 0 unspecified atom stereocenters. The van der Waals surface area contributed by atoms with E-state index in [4.69, 9.17) is 11.6 Å². The van der Waals surface area contributed by atoms with Crippen molar-refractivity contribution in [1.82, 2.24) is 19.6 Å². The fraction of sp³-hybridized carbons (Fsp3) is 0.500. The van der Waals surface area contributed by atoms with Gasteiger partial charge in [-0.15, -0.1) is 0 Å². The summed E-state index contributed by atoms with van der Waals surface area (Å²) in [6.07, 6.45) is 2.56. The lowest BCUT2D eigenvalue weighted by molar-refractivity contribution is -0.0221. The molecule has 0 amide bonds. The quantitative estimate of drug-likeness (QED) is 0.797. The maximum absolute atomic E-state index is 13.1. The first-order chi connectivity index (χ1) is 8.55. The van der Waals surface area contributed by atoms with E-state index in [1.807, 2.05) is 0 Å². The second-order valence-corrected chi connectivity index (χ2v) is 4.65. The third-order valence-electron chi connectivity index (χ3n) is 3.01. The minimum absolute atomic E-state index is 0.179. The largest absolute Gasteiger partial charge is 0.353 e. The molecule has 18 heavy (non-hydrogen) atoms. The molecular formula is C10H10ClF2N5. The normalized spacial score (nSPS) is 19.4. The Bertz CT molecular complexity index is 575. The predicted octanol–water partition coefficient (Wildman–Crippen LogP) is 2.01. The van der Waals surface area contributed by atoms with Crippen LogP contribution in [0.1, 0.15) is 12.8 Å². The molecule has 0 saturated carbocycles. The number of aromatic nitrogens is 4. The molecule has 0 spiro atoms. The Labute approximate surface area is 106 Å². The number of fused-ring (bicyclic) bond motifs is 1. The topological polar surface area (TPSA) is 46.3 Å². The molecule has 5 nitrogen and oxygen atoms in total. The summed E-state index contributed by atoms with van der Waals surface area (Å²) in [5.41, 5.74) is 0.532. The summed E-state index contributed by atoms with van der Waals surface area (Å²) >= 11 is 5.88. The first-order valence-electron chi connectivity index (χ1n) is 5.54. The molecule has 3 heterocycles. The number of rotatable bonds is 1. The van der Waals surface area contributed by atoms with Crippen molar-refractivity contribution in [1.29, 1.82) is 0 Å². The zero-order chi connectivity index (χ0) is 12.8. The summed E-state index contributed by atoms with van der Waals surface area (Å²) in [5.74, 6) is -2.07. The molecular weight excluding hydrogens is 264 g/mol. The minimum Gasteiger partial charge on any atom is -0.353 e. The average molecular weight is 274 g/mol. The van der Waals surface area contributed by atoms with E-state index in [0.29, 0.717) is 11.5 Å². The molecule has 3 rings (SSSR count). The summed E-state index contributed by atoms with van der Waals surface area (Å²) in [5, 5.41) is 4.23. The van der Waals surface area contributed by atoms with Gasteiger partial charge in [-0.25, -0.2) is 23.3 Å². The molecule has 1 aliphatic rings. The third-order valence-corrected chi connectivity index (χ3v) is 3.19. The van der Waals surface area contributed by atoms with Gasteiger partial charge in [-0.05, 0) is 0 Å². The molecule has 0 bridgehead atoms. The number of hydrogen-bond donors (Lipinski definition) is 0. The van der Waals surface area contributed by atoms with Crippen LogP contribution < -0.4 is 4.90 Å². The maximum Gasteiger partial charge on any atom is 0.251 e. The zero-order valence-electron chi connectivity index (χ0n) is 9.35. The van der Waals surface area contributed by atoms with Crippen molar-refractivity contribution in [3.8, 4) is 0 Å². The van der Waals surface area contributed by atoms with Gasteiger partial charge in [-0.3, -0.25) is 0 Å². The Hall–Kier alpha value is -1.50. The Balaban J connectivity index is 1.97. The number of halogens is 3. The second kappa shape index (κ2) is 4.01. The summed E-state index contributed by atoms with van der Waals surface area (Å²) in [4.78, 5) is 10.0. The lowest BCUT2D eigenvalue weighted by atomic mass is 10.1. The fourth-order valence-electron chi connectivity index (χ4n) is 2.04. The Morgan fingerprint density at radius 3 is 2.72 bits per heavy atom. The van der Waals surface area contributed by atoms with Crippen LogP contribution in [0.15, 0.2) is 12.5 Å². The molecule has 0 aromatic carbocycles. The van der Waals surface area contributed by atoms with Gasteiger partial charge in [0.2, 0.25) is 0 Å². The lowest BCUT2D eigenvalue weighted by Gasteiger charge is -2.32. The van der Waals surface area contributed by atoms with E-state index in [9.17, 15) is 8.78 Å². The average Bonchev–Trinajstić information content (AvgIpc) is 2.76. The molecule has 1 aliphatic heterocycles. The van der Waals surface area contributed by atoms with Gasteiger partial charge in [0, 0.05) is 25.9 Å². The molecule has 0 N–H and O–H groups in total. The monoisotopic (exact) mass is 273 g/mol. The van der Waals surface area contributed by atoms with Crippen molar-refractivity contribution in [2.45, 2.75) is 18.8 Å². The number of piperidine rings is 1. The van der Waals surface area contributed by atoms with Crippen LogP contribution in [0, 0.1) is 0 Å². The summed E-state index contributed by atoms with van der Waals surface area (Å²) in [6.45, 7) is 0.478. The highest BCUT2D eigenvalue weighted by Gasteiger charge is 2.35. The predicted molar refractivity (Wildman–Crippen MR) is 62.2 cm³/mol. The minimum atomic E-state index is -2.58. The first kappa shape index (κ1) is 11.6. The molecule has 8 heteroatoms. The molecule has 2 aromatic rings. The fourth-order valence-corrected chi connectivity index (χ4v) is 2.22. The van der Waals surface area contributed by atoms with Gasteiger partial charge in [0.15, 0.2) is 11.5 Å². The molecule has 0 aliphatic carbocycles. The van der Waals surface area contributed by atoms with Crippen molar-refractivity contribution in [2.24, 2.45) is 0 Å². The van der Waals surface area contributed by atoms with Gasteiger partial charge in [0.1, 0.15) is 11.5 Å². The highest BCUT2D eigenvalue weighted by atomic mass is 35.5. The zero-order valence-corrected chi connectivity index (χ0v) is 10.1. The Kier molecular flexibility index (Phi) is 2.58. The van der Waals surface area contributed by atoms with Crippen molar-refractivity contribution in [3.05, 3.63) is 17.7 Å². The van der Waals surface area contributed by atoms with Crippen LogP contribution in [0.2, 0.25) is 5.15 Å². The van der Waals surface area contributed by atoms with Crippen molar-refractivity contribution in [2.75, 3.05) is 18.0 Å². The third kappa shape index (κ3) is 1.98. The Morgan fingerprint density at radius 1 is 1.28 bits per heavy atom. The van der Waals surface area contributed by atoms with Crippen LogP contribution in [-0.4, -0.2) is 38.6 Å². The van der Waals surface area contributed by atoms with Crippen LogP contribution in [-0.2, 0) is 0 Å². The number of alkyl halides is 2. The van der Waals surface area contributed by atoms with Gasteiger partial charge in [-0.2, -0.15) is 5.10 Å². The highest BCUT2D eigenvalue weighted by Crippen LogP contribution is 2.31. The van der Waals surface area contributed by atoms with E-state index in [0.717, 1.165) is 0 Å². The van der Waals surface area contributed by atoms with Crippen molar-refractivity contribution < 1.29 is 8.78 Å². The van der Waals surface area contributed by atoms with E-state index < -0.39 is 5.92 Å². The standard InChI is InChI=1S/C10H10ClF2N5/c11-7-5-18-8(14-6-15-18)9(16-7)17-3-1-10(12,13)2-4-17/h5-6H,1-4H2. The number of hydrogen-bond acceptors (Lipinski definition) is 4. The van der Waals surface area contributed by atoms with Gasteiger partial charge >= 0.3 is 0 Å². The molecule has 2 aromatic heterocycles. The van der Waals surface area contributed by atoms with Crippen LogP contribution in [0.4, 0.5) is 14.6 Å². The molecule has 1 fully saturated rings. The molecule has 0 radical (unpaired) electrons. The van der Waals surface area contributed by atoms with Gasteiger partial charge in [0.05, 0.1) is 6.20 Å². The van der Waals surface area contributed by atoms with Gasteiger partial charge < -0.3 is 4.90 Å². The van der Waals surface area contributed by atoms with E-state index >= 15 is 0 Å². The second-order valence-electron chi connectivity index (χ2n) is 4.26. The summed E-state index contributed by atoms with van der Waals surface area (Å²) in [7, 11) is 0. The smallest absolute Gasteiger partial charge is 0.251 e. The molecule has 96 valence electrons. The van der Waals surface area contributed by atoms with E-state index in [1.54, 1.807) is 4.90 Å². The SMILES string of the molecule is FC1(F)CCN(c2nc(Cl)cn3ncnc23)CC1. The summed E-state index contributed by atoms with van der Waals surface area (Å²) in [6, 6.07) is 0. The van der Waals surface area contributed by atoms with Crippen molar-refractivity contribution in [3.63, 3.8) is 0 Å². The van der Waals surface area contributed by atoms with Crippen LogP contribution in [0.5, 0.6) is 0 Å². The van der Waals surface area contributed by atoms with Crippen molar-refractivity contribution >= 4 is 23.1 Å². The number of nitrogens with zero attached hydrogens (tertiary/aromatic N) is 5. The first-order valence-corrected chi connectivity index (χ1v) is 5.92. The number of anilines is 1. The van der Waals surface area contributed by atoms with Gasteiger partial charge in [-0.1, -0.05) is 11.6 Å². The van der Waals surface area contributed by atoms with Crippen LogP contribution in [0.25, 0.3) is 5.65 Å². The van der Waals surface area contributed by atoms with E-state index in [-0.39, 0.29) is 31.1 Å². The Morgan fingerprint density at radius 2 is 2.00 bits per heavy atom. The highest BCUT2D eigenvalue weighted by molar-refractivity contribution is 6.29. The lowest BCUT2D eigenvalue weighted by Crippen LogP contribution is -2.40. The van der Waals surface area contributed by atoms with Crippen LogP contribution in [0.3, 0.4) is 0 Å².